The van der Waals surface area contributed by atoms with E-state index in [0.717, 1.165) is 28.3 Å². The van der Waals surface area contributed by atoms with E-state index in [4.69, 9.17) is 16.6 Å². The van der Waals surface area contributed by atoms with Gasteiger partial charge in [-0.05, 0) is 42.7 Å². The Morgan fingerprint density at radius 1 is 1.19 bits per heavy atom. The highest BCUT2D eigenvalue weighted by Gasteiger charge is 2.42. The minimum absolute atomic E-state index is 0.239. The lowest BCUT2D eigenvalue weighted by atomic mass is 9.96. The van der Waals surface area contributed by atoms with Crippen LogP contribution < -0.4 is 16.5 Å². The van der Waals surface area contributed by atoms with Gasteiger partial charge in [-0.25, -0.2) is 10.5 Å². The molecule has 3 heterocycles. The van der Waals surface area contributed by atoms with Gasteiger partial charge in [-0.3, -0.25) is 5.43 Å². The van der Waals surface area contributed by atoms with E-state index in [1.807, 2.05) is 24.3 Å². The van der Waals surface area contributed by atoms with Crippen LogP contribution in [0.2, 0.25) is 5.02 Å². The van der Waals surface area contributed by atoms with Crippen molar-refractivity contribution >= 4 is 28.3 Å². The second kappa shape index (κ2) is 5.72. The number of nitrogens with zero attached hydrogens (tertiary/aromatic N) is 2. The number of hydrazine groups is 2. The molecule has 0 bridgehead atoms. The first-order valence-corrected chi connectivity index (χ1v) is 9.11. The Morgan fingerprint density at radius 2 is 2.08 bits per heavy atom. The Morgan fingerprint density at radius 3 is 2.85 bits per heavy atom. The number of aromatic amines is 1. The van der Waals surface area contributed by atoms with Gasteiger partial charge >= 0.3 is 0 Å². The molecule has 0 amide bonds. The monoisotopic (exact) mass is 366 g/mol. The summed E-state index contributed by atoms with van der Waals surface area (Å²) in [7, 11) is 0. The molecule has 0 radical (unpaired) electrons. The maximum Gasteiger partial charge on any atom is 0.189 e. The molecule has 0 saturated heterocycles. The molecule has 6 nitrogen and oxygen atoms in total. The Labute approximate surface area is 156 Å². The van der Waals surface area contributed by atoms with Gasteiger partial charge in [0, 0.05) is 39.1 Å². The van der Waals surface area contributed by atoms with Crippen molar-refractivity contribution in [3.05, 3.63) is 64.1 Å². The highest BCUT2D eigenvalue weighted by atomic mass is 35.5. The number of pyridine rings is 1. The smallest absolute Gasteiger partial charge is 0.189 e. The molecule has 2 aromatic heterocycles. The van der Waals surface area contributed by atoms with Gasteiger partial charge in [-0.15, -0.1) is 10.6 Å². The minimum atomic E-state index is 0.239. The largest absolute Gasteiger partial charge is 0.358 e. The number of H-pyrrole nitrogens is 1. The van der Waals surface area contributed by atoms with Crippen molar-refractivity contribution in [2.45, 2.75) is 31.6 Å². The summed E-state index contributed by atoms with van der Waals surface area (Å²) in [5.74, 6) is 0.687. The molecule has 1 saturated carbocycles. The second-order valence-corrected chi connectivity index (χ2v) is 7.68. The van der Waals surface area contributed by atoms with E-state index in [-0.39, 0.29) is 5.41 Å². The van der Waals surface area contributed by atoms with Crippen LogP contribution in [0.15, 0.2) is 41.5 Å². The van der Waals surface area contributed by atoms with Crippen molar-refractivity contribution < 1.29 is 0 Å². The summed E-state index contributed by atoms with van der Waals surface area (Å²) in [5, 5.41) is 6.11. The second-order valence-electron chi connectivity index (χ2n) is 7.24. The topological polar surface area (TPSA) is 77.1 Å². The van der Waals surface area contributed by atoms with E-state index >= 15 is 0 Å². The molecule has 0 spiro atoms. The minimum Gasteiger partial charge on any atom is -0.358 e. The molecular formula is C19H19ClN6. The lowest BCUT2D eigenvalue weighted by molar-refractivity contribution is 0.577. The van der Waals surface area contributed by atoms with E-state index in [1.165, 1.54) is 29.5 Å². The van der Waals surface area contributed by atoms with Crippen LogP contribution >= 0.6 is 11.6 Å². The summed E-state index contributed by atoms with van der Waals surface area (Å²) >= 11 is 6.20. The van der Waals surface area contributed by atoms with Crippen molar-refractivity contribution in [3.63, 3.8) is 0 Å². The Hall–Kier alpha value is -2.57. The molecule has 3 aromatic rings. The molecule has 1 aliphatic carbocycles. The zero-order valence-electron chi connectivity index (χ0n) is 14.4. The molecule has 2 aliphatic rings. The fourth-order valence-corrected chi connectivity index (χ4v) is 3.75. The molecule has 1 aromatic carbocycles. The summed E-state index contributed by atoms with van der Waals surface area (Å²) in [6, 6.07) is 12.1. The zero-order chi connectivity index (χ0) is 17.7. The van der Waals surface area contributed by atoms with Crippen LogP contribution in [0, 0.1) is 0 Å². The van der Waals surface area contributed by atoms with E-state index in [9.17, 15) is 0 Å². The lowest BCUT2D eigenvalue weighted by Crippen LogP contribution is -2.35. The Bertz CT molecular complexity index is 1030. The zero-order valence-corrected chi connectivity index (χ0v) is 15.1. The SMILES string of the molecule is CC1(c2[nH]c3cc(Cl)ccc3c2Cc2cccc(C3=NNNN3)n2)CC1. The summed E-state index contributed by atoms with van der Waals surface area (Å²) in [4.78, 5) is 8.41. The first-order chi connectivity index (χ1) is 12.6. The highest BCUT2D eigenvalue weighted by molar-refractivity contribution is 6.31. The average molecular weight is 367 g/mol. The van der Waals surface area contributed by atoms with Crippen LogP contribution in [-0.4, -0.2) is 15.8 Å². The number of amidine groups is 1. The van der Waals surface area contributed by atoms with E-state index < -0.39 is 0 Å². The molecule has 4 N–H and O–H groups in total. The number of rotatable bonds is 4. The fourth-order valence-electron chi connectivity index (χ4n) is 3.58. The van der Waals surface area contributed by atoms with Crippen LogP contribution in [0.4, 0.5) is 0 Å². The normalized spacial score (nSPS) is 17.7. The van der Waals surface area contributed by atoms with Crippen LogP contribution in [0.3, 0.4) is 0 Å². The van der Waals surface area contributed by atoms with E-state index in [2.05, 4.69) is 45.6 Å². The molecule has 0 atom stereocenters. The summed E-state index contributed by atoms with van der Waals surface area (Å²) < 4.78 is 0. The third-order valence-electron chi connectivity index (χ3n) is 5.28. The maximum absolute atomic E-state index is 6.20. The lowest BCUT2D eigenvalue weighted by Gasteiger charge is -2.11. The number of halogens is 1. The number of hydrazone groups is 1. The highest BCUT2D eigenvalue weighted by Crippen LogP contribution is 2.50. The van der Waals surface area contributed by atoms with Gasteiger partial charge in [0.1, 0.15) is 5.69 Å². The molecule has 5 rings (SSSR count). The Balaban J connectivity index is 1.58. The van der Waals surface area contributed by atoms with Crippen molar-refractivity contribution in [2.24, 2.45) is 5.10 Å². The quantitative estimate of drug-likeness (QED) is 0.572. The van der Waals surface area contributed by atoms with Gasteiger partial charge < -0.3 is 4.98 Å². The number of nitrogens with one attached hydrogen (secondary N) is 4. The van der Waals surface area contributed by atoms with Crippen LogP contribution in [0.5, 0.6) is 0 Å². The predicted molar refractivity (Wildman–Crippen MR) is 103 cm³/mol. The number of hydrogen-bond donors (Lipinski definition) is 4. The Kier molecular flexibility index (Phi) is 3.45. The van der Waals surface area contributed by atoms with Gasteiger partial charge in [-0.1, -0.05) is 30.7 Å². The number of benzene rings is 1. The first kappa shape index (κ1) is 15.7. The molecule has 7 heteroatoms. The van der Waals surface area contributed by atoms with Gasteiger partial charge in [0.15, 0.2) is 5.84 Å². The molecule has 1 aliphatic heterocycles. The van der Waals surface area contributed by atoms with Gasteiger partial charge in [-0.2, -0.15) is 0 Å². The molecule has 1 fully saturated rings. The summed E-state index contributed by atoms with van der Waals surface area (Å²) in [6.45, 7) is 2.32. The standard InChI is InChI=1S/C19H19ClN6/c1-19(7-8-19)17-14(13-6-5-11(20)9-16(13)22-17)10-12-3-2-4-15(21-12)18-23-25-26-24-18/h2-6,9,22,25-26H,7-8,10H2,1H3,(H,23,24). The molecular weight excluding hydrogens is 348 g/mol. The van der Waals surface area contributed by atoms with E-state index in [0.29, 0.717) is 5.84 Å². The first-order valence-electron chi connectivity index (χ1n) is 8.73. The summed E-state index contributed by atoms with van der Waals surface area (Å²) in [6.07, 6.45) is 3.20. The van der Waals surface area contributed by atoms with Crippen LogP contribution in [-0.2, 0) is 11.8 Å². The third-order valence-corrected chi connectivity index (χ3v) is 5.52. The number of aromatic nitrogens is 2. The van der Waals surface area contributed by atoms with Crippen LogP contribution in [0.1, 0.15) is 42.4 Å². The van der Waals surface area contributed by atoms with Crippen LogP contribution in [0.25, 0.3) is 10.9 Å². The van der Waals surface area contributed by atoms with Gasteiger partial charge in [0.2, 0.25) is 0 Å². The average Bonchev–Trinajstić information content (AvgIpc) is 3.06. The summed E-state index contributed by atoms with van der Waals surface area (Å²) in [5.41, 5.74) is 14.2. The fraction of sp³-hybridized carbons (Fsp3) is 0.263. The molecule has 132 valence electrons. The maximum atomic E-state index is 6.20. The van der Waals surface area contributed by atoms with Gasteiger partial charge in [0.05, 0.1) is 0 Å². The van der Waals surface area contributed by atoms with Crippen molar-refractivity contribution in [1.82, 2.24) is 26.5 Å². The predicted octanol–water partition coefficient (Wildman–Crippen LogP) is 3.13. The van der Waals surface area contributed by atoms with Crippen molar-refractivity contribution in [1.29, 1.82) is 0 Å². The molecule has 0 unspecified atom stereocenters. The van der Waals surface area contributed by atoms with Crippen molar-refractivity contribution in [2.75, 3.05) is 0 Å². The van der Waals surface area contributed by atoms with E-state index in [1.54, 1.807) is 0 Å². The number of hydrogen-bond acceptors (Lipinski definition) is 5. The number of fused-ring (bicyclic) bond motifs is 1. The third kappa shape index (κ3) is 2.62. The van der Waals surface area contributed by atoms with Gasteiger partial charge in [0.25, 0.3) is 0 Å². The molecule has 26 heavy (non-hydrogen) atoms. The van der Waals surface area contributed by atoms with Crippen molar-refractivity contribution in [3.8, 4) is 0 Å².